The van der Waals surface area contributed by atoms with Gasteiger partial charge in [-0.05, 0) is 24.6 Å². The van der Waals surface area contributed by atoms with Crippen LogP contribution in [0.3, 0.4) is 0 Å². The van der Waals surface area contributed by atoms with Crippen molar-refractivity contribution in [2.45, 2.75) is 19.1 Å². The lowest BCUT2D eigenvalue weighted by Crippen LogP contribution is -2.50. The van der Waals surface area contributed by atoms with Crippen molar-refractivity contribution in [3.63, 3.8) is 0 Å². The Labute approximate surface area is 174 Å². The van der Waals surface area contributed by atoms with Gasteiger partial charge >= 0.3 is 0 Å². The zero-order chi connectivity index (χ0) is 19.5. The maximum absolute atomic E-state index is 13.2. The molecule has 0 amide bonds. The van der Waals surface area contributed by atoms with E-state index >= 15 is 0 Å². The number of β-amino-alcohol motifs (C(OH)–C–C–N with tert-alkyl or cyclic N) is 1. The molecule has 4 rings (SSSR count). The van der Waals surface area contributed by atoms with Crippen LogP contribution in [-0.2, 0) is 0 Å². The molecule has 2 aromatic heterocycles. The van der Waals surface area contributed by atoms with Crippen molar-refractivity contribution in [1.29, 1.82) is 0 Å². The summed E-state index contributed by atoms with van der Waals surface area (Å²) in [6.45, 7) is 3.16. The molecule has 1 aliphatic rings. The Morgan fingerprint density at radius 2 is 1.83 bits per heavy atom. The highest BCUT2D eigenvalue weighted by molar-refractivity contribution is 5.85. The van der Waals surface area contributed by atoms with Gasteiger partial charge in [0.05, 0.1) is 12.3 Å². The second-order valence-electron chi connectivity index (χ2n) is 6.79. The van der Waals surface area contributed by atoms with Gasteiger partial charge in [0, 0.05) is 49.3 Å². The molecule has 0 bridgehead atoms. The van der Waals surface area contributed by atoms with Crippen LogP contribution in [0.1, 0.15) is 18.5 Å². The number of rotatable bonds is 6. The van der Waals surface area contributed by atoms with Crippen molar-refractivity contribution >= 4 is 35.5 Å². The van der Waals surface area contributed by atoms with Crippen LogP contribution in [0.4, 0.5) is 27.5 Å². The largest absolute Gasteiger partial charge is 0.389 e. The zero-order valence-electron chi connectivity index (χ0n) is 15.8. The van der Waals surface area contributed by atoms with Crippen LogP contribution in [0.15, 0.2) is 55.0 Å². The fourth-order valence-electron chi connectivity index (χ4n) is 3.05. The summed E-state index contributed by atoms with van der Waals surface area (Å²) in [7, 11) is 0. The van der Waals surface area contributed by atoms with Gasteiger partial charge in [0.15, 0.2) is 0 Å². The number of nitrogens with zero attached hydrogens (tertiary/aromatic N) is 4. The van der Waals surface area contributed by atoms with E-state index < -0.39 is 0 Å². The van der Waals surface area contributed by atoms with Gasteiger partial charge in [-0.2, -0.15) is 0 Å². The van der Waals surface area contributed by atoms with Crippen molar-refractivity contribution in [3.8, 4) is 0 Å². The molecule has 29 heavy (non-hydrogen) atoms. The molecule has 9 heteroatoms. The van der Waals surface area contributed by atoms with E-state index in [1.807, 2.05) is 19.1 Å². The quantitative estimate of drug-likeness (QED) is 0.566. The first kappa shape index (κ1) is 20.8. The fourth-order valence-corrected chi connectivity index (χ4v) is 3.05. The molecule has 3 N–H and O–H groups in total. The molecule has 1 saturated heterocycles. The zero-order valence-corrected chi connectivity index (χ0v) is 16.6. The molecule has 1 fully saturated rings. The number of hydrogen-bond acceptors (Lipinski definition) is 7. The van der Waals surface area contributed by atoms with Gasteiger partial charge in [-0.15, -0.1) is 12.4 Å². The first-order chi connectivity index (χ1) is 13.6. The standard InChI is InChI=1S/C20H21FN6O.ClH/c1-13(14-2-4-15(21)5-3-14)24-18-8-16(27-11-17(28)12-27)9-19(25-18)26-20-10-22-6-7-23-20;/h2-10,13,17,28H,11-12H2,1H3,(H2,23,24,25,26);1H/t13-;/m0./s1. The molecule has 0 spiro atoms. The van der Waals surface area contributed by atoms with Gasteiger partial charge in [0.2, 0.25) is 0 Å². The number of anilines is 4. The summed E-state index contributed by atoms with van der Waals surface area (Å²) in [6, 6.07) is 10.2. The van der Waals surface area contributed by atoms with E-state index in [4.69, 9.17) is 0 Å². The number of nitrogens with one attached hydrogen (secondary N) is 2. The summed E-state index contributed by atoms with van der Waals surface area (Å²) in [5.41, 5.74) is 1.90. The molecule has 3 aromatic rings. The summed E-state index contributed by atoms with van der Waals surface area (Å²) < 4.78 is 13.2. The minimum absolute atomic E-state index is 0. The van der Waals surface area contributed by atoms with Gasteiger partial charge in [0.1, 0.15) is 23.3 Å². The number of benzene rings is 1. The van der Waals surface area contributed by atoms with Gasteiger partial charge in [0.25, 0.3) is 0 Å². The topological polar surface area (TPSA) is 86.2 Å². The second-order valence-corrected chi connectivity index (χ2v) is 6.79. The average molecular weight is 417 g/mol. The Hall–Kier alpha value is -2.97. The summed E-state index contributed by atoms with van der Waals surface area (Å²) >= 11 is 0. The SMILES string of the molecule is C[C@H](Nc1cc(N2CC(O)C2)cc(Nc2cnccn2)n1)c1ccc(F)cc1.Cl. The molecular formula is C20H22ClFN6O. The Morgan fingerprint density at radius 1 is 1.10 bits per heavy atom. The second kappa shape index (κ2) is 9.02. The predicted octanol–water partition coefficient (Wildman–Crippen LogP) is 3.53. The van der Waals surface area contributed by atoms with E-state index in [1.165, 1.54) is 12.1 Å². The normalized spacial score (nSPS) is 14.5. The number of aromatic nitrogens is 3. The smallest absolute Gasteiger partial charge is 0.150 e. The van der Waals surface area contributed by atoms with Gasteiger partial charge in [-0.25, -0.2) is 14.4 Å². The van der Waals surface area contributed by atoms with Crippen molar-refractivity contribution in [2.24, 2.45) is 0 Å². The monoisotopic (exact) mass is 416 g/mol. The van der Waals surface area contributed by atoms with E-state index in [-0.39, 0.29) is 30.4 Å². The van der Waals surface area contributed by atoms with Crippen molar-refractivity contribution in [3.05, 3.63) is 66.4 Å². The third-order valence-electron chi connectivity index (χ3n) is 4.59. The van der Waals surface area contributed by atoms with Gasteiger partial charge in [-0.1, -0.05) is 12.1 Å². The van der Waals surface area contributed by atoms with Crippen LogP contribution >= 0.6 is 12.4 Å². The van der Waals surface area contributed by atoms with Crippen LogP contribution in [0.2, 0.25) is 0 Å². The Morgan fingerprint density at radius 3 is 2.48 bits per heavy atom. The number of pyridine rings is 1. The summed E-state index contributed by atoms with van der Waals surface area (Å²) in [6.07, 6.45) is 4.52. The van der Waals surface area contributed by atoms with E-state index in [0.717, 1.165) is 11.3 Å². The Kier molecular flexibility index (Phi) is 6.46. The molecule has 0 unspecified atom stereocenters. The minimum atomic E-state index is -0.306. The van der Waals surface area contributed by atoms with E-state index in [1.54, 1.807) is 30.7 Å². The first-order valence-electron chi connectivity index (χ1n) is 9.07. The number of halogens is 2. The summed E-state index contributed by atoms with van der Waals surface area (Å²) in [5, 5.41) is 16.1. The highest BCUT2D eigenvalue weighted by Gasteiger charge is 2.25. The lowest BCUT2D eigenvalue weighted by molar-refractivity contribution is 0.142. The van der Waals surface area contributed by atoms with Gasteiger partial charge < -0.3 is 20.6 Å². The third kappa shape index (κ3) is 5.10. The number of hydrogen-bond donors (Lipinski definition) is 3. The van der Waals surface area contributed by atoms with Crippen LogP contribution in [0.25, 0.3) is 0 Å². The molecule has 7 nitrogen and oxygen atoms in total. The molecule has 1 aromatic carbocycles. The maximum atomic E-state index is 13.2. The van der Waals surface area contributed by atoms with Crippen LogP contribution < -0.4 is 15.5 Å². The Bertz CT molecular complexity index is 937. The molecule has 0 aliphatic carbocycles. The third-order valence-corrected chi connectivity index (χ3v) is 4.59. The first-order valence-corrected chi connectivity index (χ1v) is 9.07. The Balaban J connectivity index is 0.00000240. The lowest BCUT2D eigenvalue weighted by atomic mass is 10.1. The summed E-state index contributed by atoms with van der Waals surface area (Å²) in [4.78, 5) is 15.0. The average Bonchev–Trinajstić information content (AvgIpc) is 2.66. The maximum Gasteiger partial charge on any atom is 0.150 e. The van der Waals surface area contributed by atoms with Crippen LogP contribution in [0, 0.1) is 5.82 Å². The van der Waals surface area contributed by atoms with Crippen LogP contribution in [-0.4, -0.2) is 39.3 Å². The molecule has 1 atom stereocenters. The highest BCUT2D eigenvalue weighted by Crippen LogP contribution is 2.29. The fraction of sp³-hybridized carbons (Fsp3) is 0.250. The lowest BCUT2D eigenvalue weighted by Gasteiger charge is -2.38. The predicted molar refractivity (Wildman–Crippen MR) is 113 cm³/mol. The molecular weight excluding hydrogens is 395 g/mol. The van der Waals surface area contributed by atoms with Crippen LogP contribution in [0.5, 0.6) is 0 Å². The molecule has 3 heterocycles. The minimum Gasteiger partial charge on any atom is -0.389 e. The molecule has 1 aliphatic heterocycles. The highest BCUT2D eigenvalue weighted by atomic mass is 35.5. The molecule has 0 saturated carbocycles. The van der Waals surface area contributed by atoms with Crippen molar-refractivity contribution in [1.82, 2.24) is 15.0 Å². The van der Waals surface area contributed by atoms with E-state index in [0.29, 0.717) is 30.5 Å². The molecule has 152 valence electrons. The van der Waals surface area contributed by atoms with Gasteiger partial charge in [-0.3, -0.25) is 4.98 Å². The van der Waals surface area contributed by atoms with Crippen molar-refractivity contribution < 1.29 is 9.50 Å². The number of aliphatic hydroxyl groups excluding tert-OH is 1. The summed E-state index contributed by atoms with van der Waals surface area (Å²) in [5.74, 6) is 1.62. The molecule has 0 radical (unpaired) electrons. The number of aliphatic hydroxyl groups is 1. The van der Waals surface area contributed by atoms with E-state index in [2.05, 4.69) is 30.5 Å². The van der Waals surface area contributed by atoms with E-state index in [9.17, 15) is 9.50 Å². The van der Waals surface area contributed by atoms with Crippen molar-refractivity contribution in [2.75, 3.05) is 28.6 Å².